The van der Waals surface area contributed by atoms with E-state index in [1.54, 1.807) is 0 Å². The van der Waals surface area contributed by atoms with E-state index in [9.17, 15) is 0 Å². The van der Waals surface area contributed by atoms with Gasteiger partial charge in [0.15, 0.2) is 0 Å². The zero-order valence-electron chi connectivity index (χ0n) is 36.1. The van der Waals surface area contributed by atoms with Crippen molar-refractivity contribution in [2.45, 2.75) is 65.1 Å². The second kappa shape index (κ2) is 17.9. The Morgan fingerprint density at radius 2 is 1.02 bits per heavy atom. The van der Waals surface area contributed by atoms with Crippen LogP contribution in [0.1, 0.15) is 80.5 Å². The number of hydrogen-bond donors (Lipinski definition) is 0. The molecule has 0 nitrogen and oxygen atoms in total. The lowest BCUT2D eigenvalue weighted by atomic mass is 9.66. The molecule has 6 aromatic rings. The normalized spacial score (nSPS) is 15.9. The Kier molecular flexibility index (Phi) is 12.5. The number of fused-ring (bicyclic) bond motifs is 3. The van der Waals surface area contributed by atoms with Gasteiger partial charge in [-0.25, -0.2) is 0 Å². The molecule has 1 heteroatoms. The Morgan fingerprint density at radius 3 is 1.59 bits per heavy atom. The van der Waals surface area contributed by atoms with Crippen LogP contribution in [0.5, 0.6) is 0 Å². The third kappa shape index (κ3) is 7.80. The number of benzene rings is 6. The van der Waals surface area contributed by atoms with Gasteiger partial charge < -0.3 is 0 Å². The summed E-state index contributed by atoms with van der Waals surface area (Å²) in [5.74, 6) is 0. The first kappa shape index (κ1) is 41.1. The predicted octanol–water partition coefficient (Wildman–Crippen LogP) is 16.0. The van der Waals surface area contributed by atoms with Gasteiger partial charge in [-0.1, -0.05) is 203 Å². The Balaban J connectivity index is 1.56. The summed E-state index contributed by atoms with van der Waals surface area (Å²) in [7, 11) is -0.644. The molecule has 0 spiro atoms. The van der Waals surface area contributed by atoms with Crippen molar-refractivity contribution in [2.24, 2.45) is 0 Å². The first-order chi connectivity index (χ1) is 28.7. The van der Waals surface area contributed by atoms with Crippen molar-refractivity contribution in [1.29, 1.82) is 0 Å². The molecular weight excluding hydrogens is 725 g/mol. The molecule has 0 bridgehead atoms. The van der Waals surface area contributed by atoms with Crippen molar-refractivity contribution in [3.63, 3.8) is 0 Å². The molecule has 59 heavy (non-hydrogen) atoms. The lowest BCUT2D eigenvalue weighted by Gasteiger charge is -2.35. The van der Waals surface area contributed by atoms with Crippen molar-refractivity contribution in [1.82, 2.24) is 0 Å². The maximum absolute atomic E-state index is 2.50. The van der Waals surface area contributed by atoms with Gasteiger partial charge >= 0.3 is 0 Å². The van der Waals surface area contributed by atoms with Crippen molar-refractivity contribution in [2.75, 3.05) is 0 Å². The van der Waals surface area contributed by atoms with Crippen LogP contribution in [0.15, 0.2) is 200 Å². The van der Waals surface area contributed by atoms with Gasteiger partial charge in [0, 0.05) is 0 Å². The molecule has 1 radical (unpaired) electrons. The summed E-state index contributed by atoms with van der Waals surface area (Å²) in [5.41, 5.74) is 18.3. The molecule has 0 aromatic heterocycles. The van der Waals surface area contributed by atoms with Crippen molar-refractivity contribution >= 4 is 19.9 Å². The number of hydrogen-bond acceptors (Lipinski definition) is 0. The maximum atomic E-state index is 2.50. The van der Waals surface area contributed by atoms with Gasteiger partial charge in [-0.3, -0.25) is 0 Å². The van der Waals surface area contributed by atoms with Crippen LogP contribution >= 0.6 is 0 Å². The molecule has 293 valence electrons. The van der Waals surface area contributed by atoms with E-state index in [0.717, 1.165) is 0 Å². The Bertz CT molecular complexity index is 2550. The Labute approximate surface area is 356 Å². The van der Waals surface area contributed by atoms with E-state index in [4.69, 9.17) is 0 Å². The highest BCUT2D eigenvalue weighted by atomic mass is 28.3. The molecule has 7 rings (SSSR count). The SMILES string of the molecule is C\C=C/C=C(\C=C\C)c1cccc(C2(c3cccc(C(/C=C/C)=C/C=C\C)c3)c3ccccc3-c3ccc(-c4ccc(C(C)(C)[Si](C)C)c(-c5ccccc5)c4)cc32)c1. The average Bonchev–Trinajstić information content (AvgIpc) is 3.57. The maximum Gasteiger partial charge on any atom is 0.0714 e. The molecule has 0 fully saturated rings. The summed E-state index contributed by atoms with van der Waals surface area (Å²) < 4.78 is 0. The highest BCUT2D eigenvalue weighted by molar-refractivity contribution is 6.59. The third-order valence-corrected chi connectivity index (χ3v) is 15.1. The number of rotatable bonds is 12. The third-order valence-electron chi connectivity index (χ3n) is 12.3. The van der Waals surface area contributed by atoms with E-state index in [0.29, 0.717) is 0 Å². The fourth-order valence-corrected chi connectivity index (χ4v) is 9.52. The minimum Gasteiger partial charge on any atom is -0.0876 e. The molecular formula is C58H57Si. The van der Waals surface area contributed by atoms with Crippen LogP contribution in [-0.2, 0) is 10.5 Å². The zero-order chi connectivity index (χ0) is 41.6. The molecule has 0 atom stereocenters. The first-order valence-electron chi connectivity index (χ1n) is 21.1. The molecule has 6 aromatic carbocycles. The van der Waals surface area contributed by atoms with Crippen LogP contribution in [0.2, 0.25) is 13.1 Å². The van der Waals surface area contributed by atoms with Gasteiger partial charge in [-0.2, -0.15) is 0 Å². The summed E-state index contributed by atoms with van der Waals surface area (Å²) in [6.07, 6.45) is 21.6. The Hall–Kier alpha value is -6.02. The minimum absolute atomic E-state index is 0.0967. The topological polar surface area (TPSA) is 0 Å². The fourth-order valence-electron chi connectivity index (χ4n) is 8.76. The van der Waals surface area contributed by atoms with Gasteiger partial charge in [0.05, 0.1) is 14.2 Å². The average molecular weight is 782 g/mol. The second-order valence-corrected chi connectivity index (χ2v) is 19.5. The minimum atomic E-state index is -0.644. The van der Waals surface area contributed by atoms with Gasteiger partial charge in [0.1, 0.15) is 0 Å². The van der Waals surface area contributed by atoms with E-state index in [2.05, 4.69) is 255 Å². The van der Waals surface area contributed by atoms with Crippen LogP contribution in [0.4, 0.5) is 0 Å². The molecule has 0 unspecified atom stereocenters. The lowest BCUT2D eigenvalue weighted by Crippen LogP contribution is -2.33. The van der Waals surface area contributed by atoms with Crippen LogP contribution in [0.3, 0.4) is 0 Å². The van der Waals surface area contributed by atoms with Crippen LogP contribution in [0.25, 0.3) is 44.5 Å². The standard InChI is InChI=1S/C58H57Si/c1-9-13-24-42(22-11-3)45-28-20-30-49(38-45)58(50-31-21-29-46(39-50)43(23-12-4)25-14-10-2)55-33-19-18-32-51(55)52-36-34-48(41-56(52)58)47-35-37-54(57(5,6)59(7)8)53(40-47)44-26-16-15-17-27-44/h9-41H,1-8H3/b13-9-,14-10-,22-11+,23-12+,42-24+,43-25+. The van der Waals surface area contributed by atoms with Gasteiger partial charge in [-0.15, -0.1) is 0 Å². The second-order valence-electron chi connectivity index (χ2n) is 16.3. The molecule has 0 N–H and O–H groups in total. The highest BCUT2D eigenvalue weighted by Gasteiger charge is 2.46. The molecule has 0 saturated heterocycles. The van der Waals surface area contributed by atoms with E-state index in [1.807, 2.05) is 0 Å². The fraction of sp³-hybridized carbons (Fsp3) is 0.172. The van der Waals surface area contributed by atoms with Crippen molar-refractivity contribution in [3.8, 4) is 33.4 Å². The largest absolute Gasteiger partial charge is 0.0876 e. The summed E-state index contributed by atoms with van der Waals surface area (Å²) in [5, 5.41) is 0.0967. The van der Waals surface area contributed by atoms with Gasteiger partial charge in [0.25, 0.3) is 0 Å². The van der Waals surface area contributed by atoms with Gasteiger partial charge in [-0.05, 0) is 140 Å². The van der Waals surface area contributed by atoms with E-state index >= 15 is 0 Å². The predicted molar refractivity (Wildman–Crippen MR) is 260 cm³/mol. The molecule has 0 amide bonds. The summed E-state index contributed by atoms with van der Waals surface area (Å²) >= 11 is 0. The van der Waals surface area contributed by atoms with Crippen LogP contribution in [-0.4, -0.2) is 8.80 Å². The molecule has 0 saturated carbocycles. The van der Waals surface area contributed by atoms with Crippen LogP contribution in [0, 0.1) is 0 Å². The molecule has 1 aliphatic rings. The Morgan fingerprint density at radius 1 is 0.475 bits per heavy atom. The first-order valence-corrected chi connectivity index (χ1v) is 23.6. The zero-order valence-corrected chi connectivity index (χ0v) is 37.1. The monoisotopic (exact) mass is 781 g/mol. The summed E-state index contributed by atoms with van der Waals surface area (Å²) in [6.45, 7) is 18.1. The quantitative estimate of drug-likeness (QED) is 0.0855. The van der Waals surface area contributed by atoms with Gasteiger partial charge in [0.2, 0.25) is 0 Å². The van der Waals surface area contributed by atoms with Crippen LogP contribution < -0.4 is 0 Å². The highest BCUT2D eigenvalue weighted by Crippen LogP contribution is 2.57. The van der Waals surface area contributed by atoms with Crippen molar-refractivity contribution in [3.05, 3.63) is 239 Å². The lowest BCUT2D eigenvalue weighted by molar-refractivity contribution is 0.740. The number of allylic oxidation sites excluding steroid dienone is 12. The van der Waals surface area contributed by atoms with E-state index in [1.165, 1.54) is 83.5 Å². The molecule has 1 aliphatic carbocycles. The molecule has 0 heterocycles. The summed E-state index contributed by atoms with van der Waals surface area (Å²) in [6, 6.07) is 53.1. The molecule has 0 aliphatic heterocycles. The van der Waals surface area contributed by atoms with Crippen molar-refractivity contribution < 1.29 is 0 Å². The van der Waals surface area contributed by atoms with E-state index in [-0.39, 0.29) is 5.04 Å². The summed E-state index contributed by atoms with van der Waals surface area (Å²) in [4.78, 5) is 0. The smallest absolute Gasteiger partial charge is 0.0714 e. The van der Waals surface area contributed by atoms with E-state index < -0.39 is 14.2 Å².